The Morgan fingerprint density at radius 3 is 2.96 bits per heavy atom. The smallest absolute Gasteiger partial charge is 0.193 e. The van der Waals surface area contributed by atoms with Gasteiger partial charge in [0, 0.05) is 38.1 Å². The van der Waals surface area contributed by atoms with Crippen molar-refractivity contribution in [2.45, 2.75) is 46.0 Å². The van der Waals surface area contributed by atoms with E-state index in [1.807, 2.05) is 11.3 Å². The Morgan fingerprint density at radius 1 is 1.42 bits per heavy atom. The van der Waals surface area contributed by atoms with Crippen LogP contribution in [0.25, 0.3) is 0 Å². The van der Waals surface area contributed by atoms with Gasteiger partial charge in [0.1, 0.15) is 0 Å². The van der Waals surface area contributed by atoms with Crippen molar-refractivity contribution in [2.75, 3.05) is 46.3 Å². The minimum atomic E-state index is 0. The van der Waals surface area contributed by atoms with Crippen LogP contribution in [0.5, 0.6) is 0 Å². The molecule has 1 aromatic rings. The molecule has 1 aliphatic heterocycles. The third-order valence-electron chi connectivity index (χ3n) is 4.86. The molecule has 6 heteroatoms. The van der Waals surface area contributed by atoms with Crippen LogP contribution in [0, 0.1) is 5.92 Å². The largest absolute Gasteiger partial charge is 0.357 e. The number of thiophene rings is 1. The lowest BCUT2D eigenvalue weighted by Crippen LogP contribution is -2.40. The van der Waals surface area contributed by atoms with E-state index in [9.17, 15) is 0 Å². The fourth-order valence-corrected chi connectivity index (χ4v) is 4.13. The number of unbranched alkanes of at least 4 members (excludes halogenated alkanes) is 1. The Labute approximate surface area is 181 Å². The van der Waals surface area contributed by atoms with Crippen molar-refractivity contribution in [3.8, 4) is 0 Å². The molecular weight excluding hydrogens is 455 g/mol. The van der Waals surface area contributed by atoms with Crippen LogP contribution in [0.1, 0.15) is 44.4 Å². The molecule has 4 nitrogen and oxygen atoms in total. The van der Waals surface area contributed by atoms with Gasteiger partial charge >= 0.3 is 0 Å². The van der Waals surface area contributed by atoms with Gasteiger partial charge in [-0.15, -0.1) is 35.3 Å². The maximum absolute atomic E-state index is 4.83. The molecule has 1 unspecified atom stereocenters. The van der Waals surface area contributed by atoms with E-state index < -0.39 is 0 Å². The van der Waals surface area contributed by atoms with Gasteiger partial charge in [0.25, 0.3) is 0 Å². The second-order valence-electron chi connectivity index (χ2n) is 7.24. The number of likely N-dealkylation sites (tertiary alicyclic amines) is 1. The fraction of sp³-hybridized carbons (Fsp3) is 0.750. The summed E-state index contributed by atoms with van der Waals surface area (Å²) in [5, 5.41) is 5.58. The number of halogens is 1. The highest BCUT2D eigenvalue weighted by atomic mass is 127. The third kappa shape index (κ3) is 9.04. The number of hydrogen-bond donors (Lipinski definition) is 1. The minimum absolute atomic E-state index is 0. The highest BCUT2D eigenvalue weighted by Crippen LogP contribution is 2.15. The number of hydrogen-bond acceptors (Lipinski definition) is 3. The molecule has 0 amide bonds. The lowest BCUT2D eigenvalue weighted by atomic mass is 10.0. The van der Waals surface area contributed by atoms with Crippen LogP contribution in [-0.2, 0) is 6.42 Å². The summed E-state index contributed by atoms with van der Waals surface area (Å²) < 4.78 is 0. The van der Waals surface area contributed by atoms with Crippen LogP contribution < -0.4 is 5.32 Å². The number of aliphatic imine (C=N–C) groups is 1. The van der Waals surface area contributed by atoms with E-state index in [4.69, 9.17) is 4.99 Å². The average Bonchev–Trinajstić information content (AvgIpc) is 3.12. The summed E-state index contributed by atoms with van der Waals surface area (Å²) in [6.07, 6.45) is 6.31. The monoisotopic (exact) mass is 492 g/mol. The van der Waals surface area contributed by atoms with E-state index >= 15 is 0 Å². The molecule has 0 aliphatic carbocycles. The van der Waals surface area contributed by atoms with Crippen molar-refractivity contribution in [3.63, 3.8) is 0 Å². The zero-order valence-electron chi connectivity index (χ0n) is 16.7. The van der Waals surface area contributed by atoms with Crippen molar-refractivity contribution in [3.05, 3.63) is 22.4 Å². The van der Waals surface area contributed by atoms with Gasteiger partial charge in [-0.3, -0.25) is 4.99 Å². The summed E-state index contributed by atoms with van der Waals surface area (Å²) in [5.41, 5.74) is 0. The topological polar surface area (TPSA) is 30.9 Å². The Balaban J connectivity index is 0.00000338. The molecule has 26 heavy (non-hydrogen) atoms. The van der Waals surface area contributed by atoms with Crippen molar-refractivity contribution < 1.29 is 0 Å². The van der Waals surface area contributed by atoms with Gasteiger partial charge in [-0.1, -0.05) is 13.0 Å². The van der Waals surface area contributed by atoms with Gasteiger partial charge in [0.05, 0.1) is 0 Å². The zero-order chi connectivity index (χ0) is 17.9. The first-order chi connectivity index (χ1) is 12.2. The first-order valence-corrected chi connectivity index (χ1v) is 10.8. The molecular formula is C20H37IN4S. The zero-order valence-corrected chi connectivity index (χ0v) is 19.9. The SMILES string of the molecule is CCNC(=NCCCCN1CCCC(C)C1)N(C)CCc1cccs1.I. The third-order valence-corrected chi connectivity index (χ3v) is 5.79. The van der Waals surface area contributed by atoms with E-state index in [2.05, 4.69) is 53.5 Å². The van der Waals surface area contributed by atoms with Gasteiger partial charge in [0.15, 0.2) is 5.96 Å². The van der Waals surface area contributed by atoms with Gasteiger partial charge in [0.2, 0.25) is 0 Å². The second-order valence-corrected chi connectivity index (χ2v) is 8.27. The van der Waals surface area contributed by atoms with Gasteiger partial charge in [-0.2, -0.15) is 0 Å². The summed E-state index contributed by atoms with van der Waals surface area (Å²) in [4.78, 5) is 11.2. The van der Waals surface area contributed by atoms with Crippen molar-refractivity contribution in [1.29, 1.82) is 0 Å². The summed E-state index contributed by atoms with van der Waals surface area (Å²) in [5.74, 6) is 1.93. The summed E-state index contributed by atoms with van der Waals surface area (Å²) in [6, 6.07) is 4.34. The Bertz CT molecular complexity index is 492. The normalized spacial score (nSPS) is 18.4. The van der Waals surface area contributed by atoms with Crippen LogP contribution >= 0.6 is 35.3 Å². The van der Waals surface area contributed by atoms with Gasteiger partial charge in [-0.05, 0) is 69.5 Å². The number of rotatable bonds is 9. The van der Waals surface area contributed by atoms with E-state index in [1.165, 1.54) is 50.2 Å². The van der Waals surface area contributed by atoms with E-state index in [0.29, 0.717) is 0 Å². The van der Waals surface area contributed by atoms with E-state index in [0.717, 1.165) is 37.9 Å². The molecule has 1 fully saturated rings. The lowest BCUT2D eigenvalue weighted by molar-refractivity contribution is 0.181. The Kier molecular flexibility index (Phi) is 12.6. The van der Waals surface area contributed by atoms with Crippen molar-refractivity contribution in [2.24, 2.45) is 10.9 Å². The molecule has 1 aromatic heterocycles. The Morgan fingerprint density at radius 2 is 2.27 bits per heavy atom. The molecule has 0 saturated carbocycles. The highest BCUT2D eigenvalue weighted by Gasteiger charge is 2.15. The molecule has 2 rings (SSSR count). The molecule has 0 aromatic carbocycles. The molecule has 0 radical (unpaired) electrons. The predicted molar refractivity (Wildman–Crippen MR) is 126 cm³/mol. The number of likely N-dealkylation sites (N-methyl/N-ethyl adjacent to an activating group) is 1. The molecule has 1 N–H and O–H groups in total. The van der Waals surface area contributed by atoms with Crippen LogP contribution in [0.2, 0.25) is 0 Å². The fourth-order valence-electron chi connectivity index (χ4n) is 3.43. The highest BCUT2D eigenvalue weighted by molar-refractivity contribution is 14.0. The maximum Gasteiger partial charge on any atom is 0.193 e. The molecule has 1 atom stereocenters. The molecule has 1 aliphatic rings. The maximum atomic E-state index is 4.83. The number of piperidine rings is 1. The van der Waals surface area contributed by atoms with Crippen LogP contribution in [0.3, 0.4) is 0 Å². The second kappa shape index (κ2) is 13.8. The van der Waals surface area contributed by atoms with Crippen molar-refractivity contribution in [1.82, 2.24) is 15.1 Å². The van der Waals surface area contributed by atoms with Crippen LogP contribution in [0.4, 0.5) is 0 Å². The molecule has 2 heterocycles. The first-order valence-electron chi connectivity index (χ1n) is 9.93. The van der Waals surface area contributed by atoms with Gasteiger partial charge < -0.3 is 15.1 Å². The van der Waals surface area contributed by atoms with Crippen LogP contribution in [0.15, 0.2) is 22.5 Å². The molecule has 1 saturated heterocycles. The van der Waals surface area contributed by atoms with Gasteiger partial charge in [-0.25, -0.2) is 0 Å². The molecule has 0 bridgehead atoms. The van der Waals surface area contributed by atoms with Crippen LogP contribution in [-0.4, -0.2) is 62.1 Å². The lowest BCUT2D eigenvalue weighted by Gasteiger charge is -2.30. The number of guanidine groups is 1. The average molecular weight is 493 g/mol. The molecule has 0 spiro atoms. The first kappa shape index (κ1) is 23.7. The summed E-state index contributed by atoms with van der Waals surface area (Å²) in [7, 11) is 2.14. The standard InChI is InChI=1S/C20H36N4S.HI/c1-4-21-20(23(3)15-11-19-10-8-16-25-19)22-12-5-6-13-24-14-7-9-18(2)17-24;/h8,10,16,18H,4-7,9,11-15,17H2,1-3H3,(H,21,22);1H. The van der Waals surface area contributed by atoms with E-state index in [1.54, 1.807) is 0 Å². The summed E-state index contributed by atoms with van der Waals surface area (Å²) >= 11 is 1.84. The quantitative estimate of drug-likeness (QED) is 0.241. The number of nitrogens with zero attached hydrogens (tertiary/aromatic N) is 3. The van der Waals surface area contributed by atoms with Crippen molar-refractivity contribution >= 4 is 41.3 Å². The number of nitrogens with one attached hydrogen (secondary N) is 1. The minimum Gasteiger partial charge on any atom is -0.357 e. The van der Waals surface area contributed by atoms with E-state index in [-0.39, 0.29) is 24.0 Å². The summed E-state index contributed by atoms with van der Waals surface area (Å²) in [6.45, 7) is 11.2. The predicted octanol–water partition coefficient (Wildman–Crippen LogP) is 4.32. The molecule has 150 valence electrons. The Hall–Kier alpha value is -0.340.